The van der Waals surface area contributed by atoms with Crippen molar-refractivity contribution >= 4 is 17.5 Å². The molecule has 21 heavy (non-hydrogen) atoms. The lowest BCUT2D eigenvalue weighted by atomic mass is 10.1. The van der Waals surface area contributed by atoms with Crippen molar-refractivity contribution in [2.24, 2.45) is 5.73 Å². The van der Waals surface area contributed by atoms with E-state index in [2.05, 4.69) is 12.2 Å². The van der Waals surface area contributed by atoms with E-state index in [1.807, 2.05) is 26.0 Å². The highest BCUT2D eigenvalue weighted by molar-refractivity contribution is 6.31. The SMILES string of the molecule is Cc1cc(C(C)NCc2ccc(C(N)=O)cc2Cl)c(C)o1. The summed E-state index contributed by atoms with van der Waals surface area (Å²) in [5.74, 6) is 1.34. The van der Waals surface area contributed by atoms with Gasteiger partial charge >= 0.3 is 0 Å². The molecule has 0 aliphatic heterocycles. The fraction of sp³-hybridized carbons (Fsp3) is 0.312. The first-order chi connectivity index (χ1) is 9.88. The molecule has 0 saturated carbocycles. The molecule has 0 fully saturated rings. The molecule has 0 spiro atoms. The topological polar surface area (TPSA) is 68.3 Å². The zero-order valence-corrected chi connectivity index (χ0v) is 13.1. The number of primary amides is 1. The monoisotopic (exact) mass is 306 g/mol. The Morgan fingerprint density at radius 1 is 1.38 bits per heavy atom. The van der Waals surface area contributed by atoms with Gasteiger partial charge in [0.05, 0.1) is 0 Å². The van der Waals surface area contributed by atoms with Crippen molar-refractivity contribution in [2.75, 3.05) is 0 Å². The lowest BCUT2D eigenvalue weighted by Crippen LogP contribution is -2.19. The summed E-state index contributed by atoms with van der Waals surface area (Å²) < 4.78 is 5.54. The summed E-state index contributed by atoms with van der Waals surface area (Å²) in [5.41, 5.74) is 7.70. The summed E-state index contributed by atoms with van der Waals surface area (Å²) in [6.45, 7) is 6.56. The van der Waals surface area contributed by atoms with E-state index in [0.29, 0.717) is 17.1 Å². The Morgan fingerprint density at radius 2 is 2.10 bits per heavy atom. The number of hydrogen-bond acceptors (Lipinski definition) is 3. The van der Waals surface area contributed by atoms with Gasteiger partial charge in [0.1, 0.15) is 11.5 Å². The predicted octanol–water partition coefficient (Wildman–Crippen LogP) is 3.50. The number of halogens is 1. The van der Waals surface area contributed by atoms with Crippen LogP contribution in [0.5, 0.6) is 0 Å². The van der Waals surface area contributed by atoms with E-state index in [9.17, 15) is 4.79 Å². The lowest BCUT2D eigenvalue weighted by Gasteiger charge is -2.14. The Labute approximate surface area is 129 Å². The molecule has 1 heterocycles. The summed E-state index contributed by atoms with van der Waals surface area (Å²) in [6.07, 6.45) is 0. The van der Waals surface area contributed by atoms with E-state index in [1.165, 1.54) is 0 Å². The van der Waals surface area contributed by atoms with Crippen LogP contribution in [0, 0.1) is 13.8 Å². The minimum Gasteiger partial charge on any atom is -0.466 e. The molecule has 112 valence electrons. The van der Waals surface area contributed by atoms with E-state index in [-0.39, 0.29) is 6.04 Å². The van der Waals surface area contributed by atoms with Crippen molar-refractivity contribution in [3.8, 4) is 0 Å². The molecule has 3 N–H and O–H groups in total. The molecule has 1 atom stereocenters. The van der Waals surface area contributed by atoms with E-state index >= 15 is 0 Å². The first-order valence-electron chi connectivity index (χ1n) is 6.77. The molecule has 0 aliphatic rings. The van der Waals surface area contributed by atoms with Crippen molar-refractivity contribution in [1.29, 1.82) is 0 Å². The molecular weight excluding hydrogens is 288 g/mol. The van der Waals surface area contributed by atoms with Crippen LogP contribution in [0.4, 0.5) is 0 Å². The van der Waals surface area contributed by atoms with Crippen molar-refractivity contribution in [1.82, 2.24) is 5.32 Å². The van der Waals surface area contributed by atoms with Gasteiger partial charge in [0.2, 0.25) is 5.91 Å². The number of carbonyl (C=O) groups excluding carboxylic acids is 1. The highest BCUT2D eigenvalue weighted by Crippen LogP contribution is 2.23. The van der Waals surface area contributed by atoms with Gasteiger partial charge in [0.25, 0.3) is 0 Å². The standard InChI is InChI=1S/C16H19ClN2O2/c1-9-6-14(11(3)21-9)10(2)19-8-13-5-4-12(16(18)20)7-15(13)17/h4-7,10,19H,8H2,1-3H3,(H2,18,20). The second kappa shape index (κ2) is 6.33. The van der Waals surface area contributed by atoms with Crippen LogP contribution >= 0.6 is 11.6 Å². The van der Waals surface area contributed by atoms with Gasteiger partial charge in [0.15, 0.2) is 0 Å². The molecule has 4 nitrogen and oxygen atoms in total. The van der Waals surface area contributed by atoms with E-state index < -0.39 is 5.91 Å². The average molecular weight is 307 g/mol. The molecule has 0 aliphatic carbocycles. The fourth-order valence-electron chi connectivity index (χ4n) is 2.30. The molecule has 0 bridgehead atoms. The highest BCUT2D eigenvalue weighted by Gasteiger charge is 2.13. The molecule has 0 saturated heterocycles. The van der Waals surface area contributed by atoms with Gasteiger partial charge in [0, 0.05) is 28.7 Å². The Morgan fingerprint density at radius 3 is 2.62 bits per heavy atom. The smallest absolute Gasteiger partial charge is 0.248 e. The molecule has 2 aromatic rings. The maximum absolute atomic E-state index is 11.1. The summed E-state index contributed by atoms with van der Waals surface area (Å²) in [5, 5.41) is 3.93. The number of benzene rings is 1. The number of nitrogens with two attached hydrogens (primary N) is 1. The Kier molecular flexibility index (Phi) is 4.70. The number of amides is 1. The molecular formula is C16H19ClN2O2. The van der Waals surface area contributed by atoms with Gasteiger partial charge in [-0.15, -0.1) is 0 Å². The van der Waals surface area contributed by atoms with Crippen LogP contribution in [0.1, 0.15) is 46.0 Å². The van der Waals surface area contributed by atoms with Crippen LogP contribution in [0.15, 0.2) is 28.7 Å². The Bertz CT molecular complexity index is 664. The highest BCUT2D eigenvalue weighted by atomic mass is 35.5. The summed E-state index contributed by atoms with van der Waals surface area (Å²) in [4.78, 5) is 11.1. The third-order valence-corrected chi connectivity index (χ3v) is 3.83. The Hall–Kier alpha value is -1.78. The maximum Gasteiger partial charge on any atom is 0.248 e. The molecule has 1 unspecified atom stereocenters. The summed E-state index contributed by atoms with van der Waals surface area (Å²) in [7, 11) is 0. The molecule has 0 radical (unpaired) electrons. The van der Waals surface area contributed by atoms with Crippen LogP contribution in [0.2, 0.25) is 5.02 Å². The molecule has 1 amide bonds. The van der Waals surface area contributed by atoms with Gasteiger partial charge in [-0.1, -0.05) is 17.7 Å². The van der Waals surface area contributed by atoms with E-state index in [1.54, 1.807) is 12.1 Å². The third kappa shape index (κ3) is 3.65. The zero-order valence-electron chi connectivity index (χ0n) is 12.4. The van der Waals surface area contributed by atoms with Crippen molar-refractivity contribution in [2.45, 2.75) is 33.4 Å². The van der Waals surface area contributed by atoms with Crippen LogP contribution in [-0.4, -0.2) is 5.91 Å². The van der Waals surface area contributed by atoms with Crippen LogP contribution in [-0.2, 0) is 6.54 Å². The van der Waals surface area contributed by atoms with Gasteiger partial charge < -0.3 is 15.5 Å². The van der Waals surface area contributed by atoms with Gasteiger partial charge in [-0.25, -0.2) is 0 Å². The number of carbonyl (C=O) groups is 1. The number of hydrogen-bond donors (Lipinski definition) is 2. The number of furan rings is 1. The largest absolute Gasteiger partial charge is 0.466 e. The first-order valence-corrected chi connectivity index (χ1v) is 7.15. The molecule has 1 aromatic heterocycles. The minimum atomic E-state index is -0.478. The van der Waals surface area contributed by atoms with E-state index in [4.69, 9.17) is 21.8 Å². The lowest BCUT2D eigenvalue weighted by molar-refractivity contribution is 0.100. The van der Waals surface area contributed by atoms with Crippen LogP contribution in [0.3, 0.4) is 0 Å². The van der Waals surface area contributed by atoms with E-state index in [0.717, 1.165) is 22.6 Å². The van der Waals surface area contributed by atoms with Gasteiger partial charge in [-0.2, -0.15) is 0 Å². The zero-order chi connectivity index (χ0) is 15.6. The van der Waals surface area contributed by atoms with Crippen molar-refractivity contribution < 1.29 is 9.21 Å². The average Bonchev–Trinajstić information content (AvgIpc) is 2.75. The van der Waals surface area contributed by atoms with Crippen LogP contribution in [0.25, 0.3) is 0 Å². The normalized spacial score (nSPS) is 12.4. The summed E-state index contributed by atoms with van der Waals surface area (Å²) >= 11 is 6.17. The van der Waals surface area contributed by atoms with Gasteiger partial charge in [-0.05, 0) is 44.5 Å². The fourth-order valence-corrected chi connectivity index (χ4v) is 2.54. The maximum atomic E-state index is 11.1. The molecule has 5 heteroatoms. The molecule has 2 rings (SSSR count). The summed E-state index contributed by atoms with van der Waals surface area (Å²) in [6, 6.07) is 7.27. The second-order valence-electron chi connectivity index (χ2n) is 5.14. The van der Waals surface area contributed by atoms with Crippen LogP contribution < -0.4 is 11.1 Å². The predicted molar refractivity (Wildman–Crippen MR) is 83.4 cm³/mol. The third-order valence-electron chi connectivity index (χ3n) is 3.48. The number of aryl methyl sites for hydroxylation is 2. The molecule has 1 aromatic carbocycles. The second-order valence-corrected chi connectivity index (χ2v) is 5.55. The minimum absolute atomic E-state index is 0.148. The quantitative estimate of drug-likeness (QED) is 0.888. The van der Waals surface area contributed by atoms with Gasteiger partial charge in [-0.3, -0.25) is 4.79 Å². The number of rotatable bonds is 5. The Balaban J connectivity index is 2.06. The first kappa shape index (κ1) is 15.6. The van der Waals surface area contributed by atoms with Crippen molar-refractivity contribution in [3.05, 3.63) is 57.5 Å². The number of nitrogens with one attached hydrogen (secondary N) is 1. The van der Waals surface area contributed by atoms with Crippen molar-refractivity contribution in [3.63, 3.8) is 0 Å².